The van der Waals surface area contributed by atoms with Gasteiger partial charge in [0.05, 0.1) is 39.1 Å². The second kappa shape index (κ2) is 46.7. The summed E-state index contributed by atoms with van der Waals surface area (Å²) in [5, 5.41) is 19.1. The molecule has 6 aliphatic carbocycles. The van der Waals surface area contributed by atoms with Crippen molar-refractivity contribution in [3.63, 3.8) is 0 Å². The van der Waals surface area contributed by atoms with Crippen LogP contribution in [-0.4, -0.2) is 193 Å². The molecule has 8 heterocycles. The summed E-state index contributed by atoms with van der Waals surface area (Å²) in [5.41, 5.74) is 2.89. The first-order valence-electron chi connectivity index (χ1n) is 46.4. The molecule has 15 unspecified atom stereocenters. The SMILES string of the molecule is CC(C)NC(C)C.CCOC(=O)C1C2C=CC(C2)N1[C@@H](C)c1ccccc1.CCOC(=O)C1C2CCC(C2)N1Cc1ccccc1.CCOC(=O)C1C2CCC(C2)N1Cc1ccccc1.CCOC(=O)C1C2CCC(C2)N1Cc1ccccc1.CCOC(=O)C1NC2C=CC1C2.Cl.Cl.O=C(NCc1c(F)cc(F)cc1F)c1cn2c(c(O)c1=O)C(=O)N1[C@H]3CC[C@H](C3)[C@H]1C2. The monoisotopic (exact) mass is 1820 g/mol. The summed E-state index contributed by atoms with van der Waals surface area (Å²) in [6.07, 6.45) is 25.5. The highest BCUT2D eigenvalue weighted by Crippen LogP contribution is 2.49. The van der Waals surface area contributed by atoms with Crippen LogP contribution in [0, 0.1) is 53.0 Å². The molecule has 13 aliphatic rings. The van der Waals surface area contributed by atoms with Crippen molar-refractivity contribution in [2.75, 3.05) is 33.0 Å². The molecule has 4 N–H and O–H groups in total. The summed E-state index contributed by atoms with van der Waals surface area (Å²) in [4.78, 5) is 109. The third-order valence-corrected chi connectivity index (χ3v) is 27.6. The predicted molar refractivity (Wildman–Crippen MR) is 492 cm³/mol. The van der Waals surface area contributed by atoms with Crippen LogP contribution in [0.15, 0.2) is 169 Å². The Morgan fingerprint density at radius 3 is 1.32 bits per heavy atom. The number of fused-ring (bicyclic) bond motifs is 16. The van der Waals surface area contributed by atoms with Crippen molar-refractivity contribution in [1.29, 1.82) is 0 Å². The lowest BCUT2D eigenvalue weighted by Crippen LogP contribution is -2.52. The van der Waals surface area contributed by atoms with Gasteiger partial charge in [0.25, 0.3) is 11.8 Å². The molecule has 4 saturated carbocycles. The second-order valence-corrected chi connectivity index (χ2v) is 36.4. The second-order valence-electron chi connectivity index (χ2n) is 36.4. The normalized spacial score (nSPS) is 27.4. The maximum Gasteiger partial charge on any atom is 0.323 e. The van der Waals surface area contributed by atoms with Gasteiger partial charge in [-0.05, 0) is 177 Å². The first-order valence-corrected chi connectivity index (χ1v) is 46.4. The quantitative estimate of drug-likeness (QED) is 0.0264. The van der Waals surface area contributed by atoms with Crippen LogP contribution in [0.3, 0.4) is 0 Å². The maximum atomic E-state index is 13.8. The zero-order chi connectivity index (χ0) is 90.3. The van der Waals surface area contributed by atoms with E-state index in [1.165, 1.54) is 71.5 Å². The lowest BCUT2D eigenvalue weighted by molar-refractivity contribution is -0.152. The molecule has 28 heteroatoms. The van der Waals surface area contributed by atoms with Crippen LogP contribution in [-0.2, 0) is 80.4 Å². The van der Waals surface area contributed by atoms with Gasteiger partial charge in [0.1, 0.15) is 53.2 Å². The summed E-state index contributed by atoms with van der Waals surface area (Å²) in [7, 11) is 0. The number of likely N-dealkylation sites (tertiary alicyclic amines) is 4. The van der Waals surface area contributed by atoms with E-state index in [1.54, 1.807) is 4.90 Å². The third kappa shape index (κ3) is 23.8. The number of halogens is 5. The molecule has 1 aromatic heterocycles. The van der Waals surface area contributed by atoms with Crippen molar-refractivity contribution >= 4 is 66.5 Å². The third-order valence-electron chi connectivity index (χ3n) is 27.6. The van der Waals surface area contributed by atoms with Gasteiger partial charge in [-0.3, -0.25) is 63.3 Å². The van der Waals surface area contributed by atoms with E-state index in [1.807, 2.05) is 58.9 Å². The highest BCUT2D eigenvalue weighted by atomic mass is 35.5. The van der Waals surface area contributed by atoms with Crippen LogP contribution in [0.2, 0.25) is 0 Å². The van der Waals surface area contributed by atoms with Gasteiger partial charge < -0.3 is 48.9 Å². The topological polar surface area (TPSA) is 260 Å². The van der Waals surface area contributed by atoms with Crippen LogP contribution in [0.1, 0.15) is 214 Å². The number of pyridine rings is 1. The maximum absolute atomic E-state index is 13.8. The minimum absolute atomic E-state index is 0. The number of carbonyl (C=O) groups excluding carboxylic acids is 7. The van der Waals surface area contributed by atoms with Crippen molar-refractivity contribution in [1.82, 2.24) is 45.0 Å². The van der Waals surface area contributed by atoms with Crippen LogP contribution >= 0.6 is 24.8 Å². The smallest absolute Gasteiger partial charge is 0.323 e. The molecular weight excluding hydrogens is 1690 g/mol. The number of carbonyl (C=O) groups is 7. The molecule has 19 atom stereocenters. The van der Waals surface area contributed by atoms with E-state index >= 15 is 0 Å². The van der Waals surface area contributed by atoms with E-state index < -0.39 is 58.1 Å². The van der Waals surface area contributed by atoms with E-state index in [0.29, 0.717) is 130 Å². The van der Waals surface area contributed by atoms with Crippen LogP contribution in [0.5, 0.6) is 5.75 Å². The first-order chi connectivity index (χ1) is 61.3. The summed E-state index contributed by atoms with van der Waals surface area (Å²) in [5.74, 6) is -3.38. The van der Waals surface area contributed by atoms with Gasteiger partial charge >= 0.3 is 29.8 Å². The van der Waals surface area contributed by atoms with Gasteiger partial charge in [0, 0.05) is 123 Å². The van der Waals surface area contributed by atoms with Crippen molar-refractivity contribution in [3.05, 3.63) is 231 Å². The molecule has 7 aliphatic heterocycles. The number of hydrogen-bond donors (Lipinski definition) is 4. The summed E-state index contributed by atoms with van der Waals surface area (Å²) < 4.78 is 68.1. The number of rotatable bonds is 23. The molecule has 129 heavy (non-hydrogen) atoms. The summed E-state index contributed by atoms with van der Waals surface area (Å²) >= 11 is 0. The highest BCUT2D eigenvalue weighted by molar-refractivity contribution is 5.99. The van der Waals surface area contributed by atoms with Crippen molar-refractivity contribution in [3.8, 4) is 5.75 Å². The van der Waals surface area contributed by atoms with Crippen LogP contribution in [0.4, 0.5) is 13.2 Å². The number of ether oxygens (including phenoxy) is 5. The number of amides is 2. The molecule has 23 nitrogen and oxygen atoms in total. The molecule has 12 bridgehead atoms. The molecular formula is C101H132Cl2F3N9O14. The average molecular weight is 1820 g/mol. The fraction of sp³-hybridized carbons (Fsp3) is 0.545. The zero-order valence-electron chi connectivity index (χ0n) is 76.1. The summed E-state index contributed by atoms with van der Waals surface area (Å²) in [6, 6.07) is 46.3. The van der Waals surface area contributed by atoms with Crippen molar-refractivity contribution < 1.29 is 75.5 Å². The Kier molecular flexibility index (Phi) is 36.3. The lowest BCUT2D eigenvalue weighted by atomic mass is 9.95. The summed E-state index contributed by atoms with van der Waals surface area (Å²) in [6.45, 7) is 24.8. The zero-order valence-corrected chi connectivity index (χ0v) is 77.7. The fourth-order valence-electron chi connectivity index (χ4n) is 22.3. The van der Waals surface area contributed by atoms with Gasteiger partial charge in [0.2, 0.25) is 5.43 Å². The number of aromatic hydroxyl groups is 1. The molecule has 0 radical (unpaired) electrons. The Labute approximate surface area is 770 Å². The molecule has 2 amide bonds. The standard InChI is InChI=1S/C21H18F3N3O4.C17H21NO2.3C16H21NO2.C9H13NO2.C6H15N.2ClH/c22-10-4-14(23)12(15(24)5-10)6-25-20(30)13-7-26-8-16-9-1-2-11(3-9)27(16)21(31)17(26)19(29)18(13)28;1-3-20-17(19)16-14-9-10-15(11-14)18(16)12(2)13-7-5-4-6-8-13;3*1-2-19-16(18)15-13-8-9-14(10-13)17(15)11-12-6-4-3-5-7-12;1-2-12-9(11)8-6-3-4-7(5-6)10-8;1-5(2)7-6(3)4;;/h4-5,7,9,11,16,29H,1-3,6,8H2,(H,25,30);4-10,12,14-16H,3,11H2,1-2H3;3*3-7,13-15H,2,8-11H2,1H3;3-4,6-8,10H,2,5H2,1H3;5-7H,1-4H3;2*1H/t9-,11+,16-;12-,14?,15?,16?;;;;;;;/m10......./s1. The lowest BCUT2D eigenvalue weighted by Gasteiger charge is -2.40. The van der Waals surface area contributed by atoms with E-state index in [9.17, 15) is 56.6 Å². The first kappa shape index (κ1) is 100. The van der Waals surface area contributed by atoms with E-state index in [4.69, 9.17) is 23.7 Å². The van der Waals surface area contributed by atoms with Gasteiger partial charge in [-0.15, -0.1) is 24.8 Å². The van der Waals surface area contributed by atoms with Crippen LogP contribution in [0.25, 0.3) is 0 Å². The molecule has 10 fully saturated rings. The molecule has 6 aromatic rings. The molecule has 5 aromatic carbocycles. The van der Waals surface area contributed by atoms with Gasteiger partial charge in [-0.2, -0.15) is 0 Å². The Bertz CT molecular complexity index is 4640. The highest BCUT2D eigenvalue weighted by Gasteiger charge is 2.55. The molecule has 700 valence electrons. The minimum Gasteiger partial charge on any atom is -0.503 e. The van der Waals surface area contributed by atoms with Gasteiger partial charge in [-0.25, -0.2) is 13.2 Å². The number of hydrogen-bond acceptors (Lipinski definition) is 20. The van der Waals surface area contributed by atoms with Crippen molar-refractivity contribution in [2.45, 2.75) is 282 Å². The molecule has 6 saturated heterocycles. The largest absolute Gasteiger partial charge is 0.503 e. The Morgan fingerprint density at radius 2 is 0.899 bits per heavy atom. The molecule has 0 spiro atoms. The average Bonchev–Trinajstić information content (AvgIpc) is 1.68. The Balaban J connectivity index is 0.000000150. The van der Waals surface area contributed by atoms with E-state index in [-0.39, 0.29) is 109 Å². The van der Waals surface area contributed by atoms with Gasteiger partial charge in [-0.1, -0.05) is 173 Å². The van der Waals surface area contributed by atoms with Crippen molar-refractivity contribution in [2.24, 2.45) is 35.5 Å². The Hall–Kier alpha value is -9.25. The van der Waals surface area contributed by atoms with E-state index in [0.717, 1.165) is 71.0 Å². The van der Waals surface area contributed by atoms with Crippen LogP contribution < -0.4 is 21.4 Å². The van der Waals surface area contributed by atoms with Gasteiger partial charge in [0.15, 0.2) is 11.4 Å². The number of piperidine rings is 4. The number of nitrogens with zero attached hydrogens (tertiary/aromatic N) is 6. The minimum atomic E-state index is -1.18. The Morgan fingerprint density at radius 1 is 0.488 bits per heavy atom. The fourth-order valence-corrected chi connectivity index (χ4v) is 22.3. The number of benzene rings is 5. The van der Waals surface area contributed by atoms with E-state index in [2.05, 4.69) is 192 Å². The predicted octanol–water partition coefficient (Wildman–Crippen LogP) is 15.4. The number of esters is 5. The number of nitrogens with one attached hydrogen (secondary N) is 3. The molecule has 19 rings (SSSR count). The number of aromatic nitrogens is 1.